The maximum absolute atomic E-state index is 8.50. The molecular weight excluding hydrogens is 138 g/mol. The molecule has 1 saturated heterocycles. The lowest BCUT2D eigenvalue weighted by atomic mass is 9.91. The van der Waals surface area contributed by atoms with Gasteiger partial charge in [0.15, 0.2) is 0 Å². The predicted molar refractivity (Wildman–Crippen MR) is 43.8 cm³/mol. The Morgan fingerprint density at radius 1 is 1.73 bits per heavy atom. The fourth-order valence-electron chi connectivity index (χ4n) is 1.57. The van der Waals surface area contributed by atoms with Crippen molar-refractivity contribution < 1.29 is 0 Å². The zero-order chi connectivity index (χ0) is 8.27. The third-order valence-corrected chi connectivity index (χ3v) is 2.35. The van der Waals surface area contributed by atoms with Crippen molar-refractivity contribution in [2.24, 2.45) is 11.7 Å². The standard InChI is InChI=1S/C8H15N3/c1-11-5-3-8(10)7(6-11)2-4-9/h7-8H,2-3,5-6,10H2,1H3/t7-,8+/m0/s1. The van der Waals surface area contributed by atoms with Gasteiger partial charge in [-0.15, -0.1) is 0 Å². The van der Waals surface area contributed by atoms with Gasteiger partial charge in [0.25, 0.3) is 0 Å². The van der Waals surface area contributed by atoms with Gasteiger partial charge in [0, 0.05) is 19.0 Å². The highest BCUT2D eigenvalue weighted by Gasteiger charge is 2.23. The Morgan fingerprint density at radius 3 is 3.09 bits per heavy atom. The average Bonchev–Trinajstić information content (AvgIpc) is 1.98. The van der Waals surface area contributed by atoms with E-state index in [2.05, 4.69) is 18.0 Å². The Balaban J connectivity index is 2.42. The monoisotopic (exact) mass is 153 g/mol. The van der Waals surface area contributed by atoms with Gasteiger partial charge in [-0.3, -0.25) is 0 Å². The van der Waals surface area contributed by atoms with E-state index in [-0.39, 0.29) is 6.04 Å². The number of likely N-dealkylation sites (tertiary alicyclic amines) is 1. The molecule has 11 heavy (non-hydrogen) atoms. The van der Waals surface area contributed by atoms with Crippen molar-refractivity contribution in [1.82, 2.24) is 4.90 Å². The number of hydrogen-bond donors (Lipinski definition) is 1. The van der Waals surface area contributed by atoms with Crippen LogP contribution in [0.1, 0.15) is 12.8 Å². The maximum Gasteiger partial charge on any atom is 0.0625 e. The van der Waals surface area contributed by atoms with E-state index >= 15 is 0 Å². The minimum atomic E-state index is 0.242. The number of nitriles is 1. The first kappa shape index (κ1) is 8.51. The highest BCUT2D eigenvalue weighted by molar-refractivity contribution is 4.87. The van der Waals surface area contributed by atoms with E-state index in [4.69, 9.17) is 11.0 Å². The fourth-order valence-corrected chi connectivity index (χ4v) is 1.57. The number of hydrogen-bond acceptors (Lipinski definition) is 3. The topological polar surface area (TPSA) is 53.0 Å². The molecule has 62 valence electrons. The van der Waals surface area contributed by atoms with Crippen molar-refractivity contribution in [2.75, 3.05) is 20.1 Å². The normalized spacial score (nSPS) is 33.2. The van der Waals surface area contributed by atoms with Gasteiger partial charge in [-0.25, -0.2) is 0 Å². The molecule has 0 saturated carbocycles. The van der Waals surface area contributed by atoms with Gasteiger partial charge in [-0.1, -0.05) is 0 Å². The van der Waals surface area contributed by atoms with Gasteiger partial charge in [0.2, 0.25) is 0 Å². The molecule has 0 aliphatic carbocycles. The molecule has 0 unspecified atom stereocenters. The second-order valence-electron chi connectivity index (χ2n) is 3.34. The number of piperidine rings is 1. The van der Waals surface area contributed by atoms with E-state index in [0.717, 1.165) is 19.5 Å². The summed E-state index contributed by atoms with van der Waals surface area (Å²) in [5, 5.41) is 8.50. The van der Waals surface area contributed by atoms with Crippen LogP contribution in [0.4, 0.5) is 0 Å². The average molecular weight is 153 g/mol. The maximum atomic E-state index is 8.50. The van der Waals surface area contributed by atoms with Crippen molar-refractivity contribution >= 4 is 0 Å². The van der Waals surface area contributed by atoms with Crippen LogP contribution in [-0.4, -0.2) is 31.1 Å². The zero-order valence-electron chi connectivity index (χ0n) is 6.95. The van der Waals surface area contributed by atoms with Crippen LogP contribution in [-0.2, 0) is 0 Å². The molecule has 2 N–H and O–H groups in total. The van der Waals surface area contributed by atoms with Crippen molar-refractivity contribution in [3.8, 4) is 6.07 Å². The van der Waals surface area contributed by atoms with Crippen LogP contribution >= 0.6 is 0 Å². The first-order valence-electron chi connectivity index (χ1n) is 4.05. The zero-order valence-corrected chi connectivity index (χ0v) is 6.95. The third kappa shape index (κ3) is 2.18. The summed E-state index contributed by atoms with van der Waals surface area (Å²) in [6.07, 6.45) is 1.63. The van der Waals surface area contributed by atoms with Crippen LogP contribution < -0.4 is 5.73 Å². The van der Waals surface area contributed by atoms with E-state index in [1.807, 2.05) is 0 Å². The number of rotatable bonds is 1. The summed E-state index contributed by atoms with van der Waals surface area (Å²) in [6.45, 7) is 2.05. The summed E-state index contributed by atoms with van der Waals surface area (Å²) in [5.41, 5.74) is 5.85. The Labute approximate surface area is 67.8 Å². The Bertz CT molecular complexity index is 161. The molecule has 1 aliphatic rings. The first-order valence-corrected chi connectivity index (χ1v) is 4.05. The van der Waals surface area contributed by atoms with Crippen molar-refractivity contribution in [3.05, 3.63) is 0 Å². The molecule has 0 aromatic heterocycles. The summed E-state index contributed by atoms with van der Waals surface area (Å²) >= 11 is 0. The highest BCUT2D eigenvalue weighted by atomic mass is 15.1. The molecular formula is C8H15N3. The summed E-state index contributed by atoms with van der Waals surface area (Å²) < 4.78 is 0. The number of nitrogens with two attached hydrogens (primary N) is 1. The third-order valence-electron chi connectivity index (χ3n) is 2.35. The van der Waals surface area contributed by atoms with Crippen molar-refractivity contribution in [3.63, 3.8) is 0 Å². The lowest BCUT2D eigenvalue weighted by molar-refractivity contribution is 0.188. The van der Waals surface area contributed by atoms with Crippen molar-refractivity contribution in [2.45, 2.75) is 18.9 Å². The molecule has 0 aromatic carbocycles. The van der Waals surface area contributed by atoms with E-state index in [0.29, 0.717) is 12.3 Å². The lowest BCUT2D eigenvalue weighted by Crippen LogP contribution is -2.45. The van der Waals surface area contributed by atoms with E-state index in [9.17, 15) is 0 Å². The van der Waals surface area contributed by atoms with Crippen LogP contribution in [0, 0.1) is 17.2 Å². The quantitative estimate of drug-likeness (QED) is 0.584. The summed E-state index contributed by atoms with van der Waals surface area (Å²) in [6, 6.07) is 2.42. The molecule has 1 fully saturated rings. The molecule has 1 rings (SSSR count). The number of nitrogens with zero attached hydrogens (tertiary/aromatic N) is 2. The van der Waals surface area contributed by atoms with Crippen LogP contribution in [0.15, 0.2) is 0 Å². The molecule has 0 bridgehead atoms. The largest absolute Gasteiger partial charge is 0.327 e. The Morgan fingerprint density at radius 2 is 2.45 bits per heavy atom. The molecule has 0 aromatic rings. The van der Waals surface area contributed by atoms with E-state index in [1.165, 1.54) is 0 Å². The summed E-state index contributed by atoms with van der Waals surface area (Å²) in [5.74, 6) is 0.388. The van der Waals surface area contributed by atoms with Gasteiger partial charge in [-0.05, 0) is 25.9 Å². The molecule has 3 nitrogen and oxygen atoms in total. The van der Waals surface area contributed by atoms with Gasteiger partial charge in [-0.2, -0.15) is 5.26 Å². The van der Waals surface area contributed by atoms with Crippen LogP contribution in [0.2, 0.25) is 0 Å². The molecule has 2 atom stereocenters. The Kier molecular flexibility index (Phi) is 2.86. The Hall–Kier alpha value is -0.590. The summed E-state index contributed by atoms with van der Waals surface area (Å²) in [7, 11) is 2.08. The predicted octanol–water partition coefficient (Wildman–Crippen LogP) is 0.179. The molecule has 3 heteroatoms. The molecule has 1 aliphatic heterocycles. The van der Waals surface area contributed by atoms with Gasteiger partial charge < -0.3 is 10.6 Å². The smallest absolute Gasteiger partial charge is 0.0625 e. The minimum absolute atomic E-state index is 0.242. The van der Waals surface area contributed by atoms with Gasteiger partial charge in [0.05, 0.1) is 6.07 Å². The van der Waals surface area contributed by atoms with Crippen LogP contribution in [0.25, 0.3) is 0 Å². The second-order valence-corrected chi connectivity index (χ2v) is 3.34. The molecule has 0 spiro atoms. The van der Waals surface area contributed by atoms with Crippen LogP contribution in [0.3, 0.4) is 0 Å². The van der Waals surface area contributed by atoms with Gasteiger partial charge >= 0.3 is 0 Å². The SMILES string of the molecule is CN1CC[C@@H](N)[C@@H](CC#N)C1. The fraction of sp³-hybridized carbons (Fsp3) is 0.875. The highest BCUT2D eigenvalue weighted by Crippen LogP contribution is 2.16. The molecule has 0 amide bonds. The first-order chi connectivity index (χ1) is 5.24. The van der Waals surface area contributed by atoms with Crippen LogP contribution in [0.5, 0.6) is 0 Å². The lowest BCUT2D eigenvalue weighted by Gasteiger charge is -2.33. The van der Waals surface area contributed by atoms with E-state index in [1.54, 1.807) is 0 Å². The van der Waals surface area contributed by atoms with E-state index < -0.39 is 0 Å². The minimum Gasteiger partial charge on any atom is -0.327 e. The summed E-state index contributed by atoms with van der Waals surface area (Å²) in [4.78, 5) is 2.24. The van der Waals surface area contributed by atoms with Crippen molar-refractivity contribution in [1.29, 1.82) is 5.26 Å². The second kappa shape index (κ2) is 3.70. The van der Waals surface area contributed by atoms with Gasteiger partial charge in [0.1, 0.15) is 0 Å². The molecule has 1 heterocycles. The molecule has 0 radical (unpaired) electrons.